The fraction of sp³-hybridized carbons (Fsp3) is 0.625. The Labute approximate surface area is 124 Å². The van der Waals surface area contributed by atoms with Crippen molar-refractivity contribution in [1.82, 2.24) is 0 Å². The van der Waals surface area contributed by atoms with E-state index in [1.165, 1.54) is 18.4 Å². The second kappa shape index (κ2) is 5.84. The van der Waals surface area contributed by atoms with Crippen LogP contribution in [0.5, 0.6) is 5.75 Å². The molecular weight excluding hydrogens is 302 g/mol. The Kier molecular flexibility index (Phi) is 4.57. The van der Waals surface area contributed by atoms with Crippen LogP contribution in [0.15, 0.2) is 22.7 Å². The first-order chi connectivity index (χ1) is 8.94. The summed E-state index contributed by atoms with van der Waals surface area (Å²) in [5.74, 6) is 2.23. The SMILES string of the molecule is COc1ccc(Br)cc1CC1(N)CC(C)CCC1C. The fourth-order valence-electron chi connectivity index (χ4n) is 3.26. The van der Waals surface area contributed by atoms with Gasteiger partial charge in [-0.15, -0.1) is 0 Å². The molecule has 1 aromatic rings. The molecule has 2 rings (SSSR count). The lowest BCUT2D eigenvalue weighted by molar-refractivity contribution is 0.160. The highest BCUT2D eigenvalue weighted by atomic mass is 79.9. The zero-order chi connectivity index (χ0) is 14.0. The molecule has 3 atom stereocenters. The number of ether oxygens (including phenoxy) is 1. The van der Waals surface area contributed by atoms with E-state index in [2.05, 4.69) is 35.8 Å². The molecular formula is C16H24BrNO. The highest BCUT2D eigenvalue weighted by Gasteiger charge is 2.37. The quantitative estimate of drug-likeness (QED) is 0.905. The summed E-state index contributed by atoms with van der Waals surface area (Å²) >= 11 is 3.54. The van der Waals surface area contributed by atoms with Crippen LogP contribution in [-0.4, -0.2) is 12.6 Å². The van der Waals surface area contributed by atoms with Crippen LogP contribution in [0.3, 0.4) is 0 Å². The average molecular weight is 326 g/mol. The third-order valence-corrected chi connectivity index (χ3v) is 5.06. The first kappa shape index (κ1) is 14.9. The molecule has 0 spiro atoms. The van der Waals surface area contributed by atoms with Crippen LogP contribution in [0.2, 0.25) is 0 Å². The fourth-order valence-corrected chi connectivity index (χ4v) is 3.67. The molecule has 1 aliphatic rings. The first-order valence-electron chi connectivity index (χ1n) is 7.06. The van der Waals surface area contributed by atoms with E-state index in [1.807, 2.05) is 12.1 Å². The predicted molar refractivity (Wildman–Crippen MR) is 83.5 cm³/mol. The topological polar surface area (TPSA) is 35.2 Å². The van der Waals surface area contributed by atoms with Crippen molar-refractivity contribution in [2.24, 2.45) is 17.6 Å². The smallest absolute Gasteiger partial charge is 0.122 e. The van der Waals surface area contributed by atoms with E-state index in [-0.39, 0.29) is 5.54 Å². The van der Waals surface area contributed by atoms with Crippen LogP contribution < -0.4 is 10.5 Å². The number of hydrogen-bond donors (Lipinski definition) is 1. The normalized spacial score (nSPS) is 31.2. The van der Waals surface area contributed by atoms with Gasteiger partial charge in [0.15, 0.2) is 0 Å². The Bertz CT molecular complexity index is 448. The minimum Gasteiger partial charge on any atom is -0.496 e. The molecule has 0 aliphatic heterocycles. The monoisotopic (exact) mass is 325 g/mol. The van der Waals surface area contributed by atoms with Gasteiger partial charge >= 0.3 is 0 Å². The highest BCUT2D eigenvalue weighted by molar-refractivity contribution is 9.10. The number of methoxy groups -OCH3 is 1. The molecule has 0 amide bonds. The molecule has 0 radical (unpaired) electrons. The Morgan fingerprint density at radius 2 is 2.11 bits per heavy atom. The van der Waals surface area contributed by atoms with Gasteiger partial charge in [-0.05, 0) is 54.9 Å². The minimum absolute atomic E-state index is 0.105. The number of rotatable bonds is 3. The predicted octanol–water partition coefficient (Wildman–Crippen LogP) is 4.15. The summed E-state index contributed by atoms with van der Waals surface area (Å²) in [4.78, 5) is 0. The summed E-state index contributed by atoms with van der Waals surface area (Å²) in [6.45, 7) is 4.60. The summed E-state index contributed by atoms with van der Waals surface area (Å²) in [7, 11) is 1.73. The van der Waals surface area contributed by atoms with Gasteiger partial charge in [0, 0.05) is 10.0 Å². The summed E-state index contributed by atoms with van der Waals surface area (Å²) in [5, 5.41) is 0. The first-order valence-corrected chi connectivity index (χ1v) is 7.85. The van der Waals surface area contributed by atoms with Crippen molar-refractivity contribution in [1.29, 1.82) is 0 Å². The van der Waals surface area contributed by atoms with E-state index in [0.717, 1.165) is 29.0 Å². The molecule has 19 heavy (non-hydrogen) atoms. The van der Waals surface area contributed by atoms with Crippen LogP contribution in [0.25, 0.3) is 0 Å². The van der Waals surface area contributed by atoms with Gasteiger partial charge in [-0.3, -0.25) is 0 Å². The Balaban J connectivity index is 2.26. The third-order valence-electron chi connectivity index (χ3n) is 4.56. The van der Waals surface area contributed by atoms with Gasteiger partial charge in [-0.25, -0.2) is 0 Å². The molecule has 3 heteroatoms. The lowest BCUT2D eigenvalue weighted by atomic mass is 9.67. The molecule has 0 bridgehead atoms. The Hall–Kier alpha value is -0.540. The molecule has 2 N–H and O–H groups in total. The molecule has 3 unspecified atom stereocenters. The van der Waals surface area contributed by atoms with E-state index in [4.69, 9.17) is 10.5 Å². The van der Waals surface area contributed by atoms with Crippen LogP contribution in [0.4, 0.5) is 0 Å². The lowest BCUT2D eigenvalue weighted by Crippen LogP contribution is -2.51. The number of hydrogen-bond acceptors (Lipinski definition) is 2. The minimum atomic E-state index is -0.105. The summed E-state index contributed by atoms with van der Waals surface area (Å²) in [6.07, 6.45) is 4.52. The maximum absolute atomic E-state index is 6.73. The van der Waals surface area contributed by atoms with Gasteiger partial charge in [0.05, 0.1) is 7.11 Å². The molecule has 0 saturated heterocycles. The molecule has 0 heterocycles. The molecule has 1 aromatic carbocycles. The Morgan fingerprint density at radius 1 is 1.37 bits per heavy atom. The zero-order valence-corrected chi connectivity index (χ0v) is 13.7. The van der Waals surface area contributed by atoms with Gasteiger partial charge in [0.2, 0.25) is 0 Å². The van der Waals surface area contributed by atoms with Gasteiger partial charge in [-0.1, -0.05) is 36.2 Å². The molecule has 2 nitrogen and oxygen atoms in total. The zero-order valence-electron chi connectivity index (χ0n) is 12.1. The van der Waals surface area contributed by atoms with Crippen molar-refractivity contribution in [2.75, 3.05) is 7.11 Å². The standard InChI is InChI=1S/C16H24BrNO/c1-11-4-5-12(2)16(18,9-11)10-13-8-14(17)6-7-15(13)19-3/h6-8,11-12H,4-5,9-10,18H2,1-3H3. The Morgan fingerprint density at radius 3 is 2.79 bits per heavy atom. The lowest BCUT2D eigenvalue weighted by Gasteiger charge is -2.42. The summed E-state index contributed by atoms with van der Waals surface area (Å²) < 4.78 is 6.56. The number of halogens is 1. The highest BCUT2D eigenvalue weighted by Crippen LogP contribution is 2.39. The van der Waals surface area contributed by atoms with Crippen molar-refractivity contribution in [3.8, 4) is 5.75 Å². The van der Waals surface area contributed by atoms with Gasteiger partial charge in [0.25, 0.3) is 0 Å². The van der Waals surface area contributed by atoms with Crippen LogP contribution >= 0.6 is 15.9 Å². The largest absolute Gasteiger partial charge is 0.496 e. The van der Waals surface area contributed by atoms with E-state index >= 15 is 0 Å². The molecule has 106 valence electrons. The molecule has 1 aliphatic carbocycles. The van der Waals surface area contributed by atoms with Crippen LogP contribution in [-0.2, 0) is 6.42 Å². The van der Waals surface area contributed by atoms with Crippen molar-refractivity contribution < 1.29 is 4.74 Å². The molecule has 1 saturated carbocycles. The van der Waals surface area contributed by atoms with Crippen molar-refractivity contribution in [2.45, 2.75) is 45.1 Å². The van der Waals surface area contributed by atoms with Crippen molar-refractivity contribution in [3.05, 3.63) is 28.2 Å². The van der Waals surface area contributed by atoms with E-state index in [0.29, 0.717) is 5.92 Å². The van der Waals surface area contributed by atoms with Crippen molar-refractivity contribution in [3.63, 3.8) is 0 Å². The van der Waals surface area contributed by atoms with E-state index in [9.17, 15) is 0 Å². The summed E-state index contributed by atoms with van der Waals surface area (Å²) in [6, 6.07) is 6.16. The van der Waals surface area contributed by atoms with Gasteiger partial charge in [-0.2, -0.15) is 0 Å². The average Bonchev–Trinajstić information content (AvgIpc) is 2.34. The van der Waals surface area contributed by atoms with E-state index in [1.54, 1.807) is 7.11 Å². The second-order valence-electron chi connectivity index (χ2n) is 6.15. The van der Waals surface area contributed by atoms with Crippen LogP contribution in [0.1, 0.15) is 38.7 Å². The van der Waals surface area contributed by atoms with E-state index < -0.39 is 0 Å². The molecule has 0 aromatic heterocycles. The van der Waals surface area contributed by atoms with Crippen LogP contribution in [0, 0.1) is 11.8 Å². The van der Waals surface area contributed by atoms with Gasteiger partial charge in [0.1, 0.15) is 5.75 Å². The summed E-state index contributed by atoms with van der Waals surface area (Å²) in [5.41, 5.74) is 7.83. The molecule has 1 fully saturated rings. The maximum atomic E-state index is 6.73. The maximum Gasteiger partial charge on any atom is 0.122 e. The number of benzene rings is 1. The van der Waals surface area contributed by atoms with Gasteiger partial charge < -0.3 is 10.5 Å². The van der Waals surface area contributed by atoms with Crippen molar-refractivity contribution >= 4 is 15.9 Å². The second-order valence-corrected chi connectivity index (χ2v) is 7.07. The number of nitrogens with two attached hydrogens (primary N) is 1. The third kappa shape index (κ3) is 3.32.